The first kappa shape index (κ1) is 16.3. The number of aromatic nitrogens is 2. The molecule has 0 amide bonds. The third-order valence-electron chi connectivity index (χ3n) is 3.55. The SMILES string of the molecule is CCc1nn(CC)c(CC(CC)(CCl)CCl)c1Br. The molecule has 104 valence electrons. The minimum absolute atomic E-state index is 0.0381. The maximum absolute atomic E-state index is 6.13. The number of hydrogen-bond acceptors (Lipinski definition) is 1. The van der Waals surface area contributed by atoms with Crippen LogP contribution in [0.1, 0.15) is 38.6 Å². The zero-order valence-electron chi connectivity index (χ0n) is 11.3. The highest BCUT2D eigenvalue weighted by atomic mass is 79.9. The normalized spacial score (nSPS) is 12.1. The highest BCUT2D eigenvalue weighted by Crippen LogP contribution is 2.34. The molecule has 1 aromatic heterocycles. The van der Waals surface area contributed by atoms with Gasteiger partial charge in [0.25, 0.3) is 0 Å². The van der Waals surface area contributed by atoms with Crippen molar-refractivity contribution in [3.63, 3.8) is 0 Å². The largest absolute Gasteiger partial charge is 0.268 e. The lowest BCUT2D eigenvalue weighted by Crippen LogP contribution is -2.28. The van der Waals surface area contributed by atoms with Crippen molar-refractivity contribution in [3.05, 3.63) is 15.9 Å². The number of hydrogen-bond donors (Lipinski definition) is 0. The van der Waals surface area contributed by atoms with E-state index >= 15 is 0 Å². The van der Waals surface area contributed by atoms with Crippen LogP contribution in [-0.2, 0) is 19.4 Å². The predicted molar refractivity (Wildman–Crippen MR) is 82.8 cm³/mol. The number of rotatable bonds is 7. The molecular weight excluding hydrogens is 335 g/mol. The minimum atomic E-state index is -0.0381. The van der Waals surface area contributed by atoms with E-state index in [4.69, 9.17) is 23.2 Å². The van der Waals surface area contributed by atoms with E-state index in [1.54, 1.807) is 0 Å². The second kappa shape index (κ2) is 7.16. The predicted octanol–water partition coefficient (Wildman–Crippen LogP) is 4.64. The van der Waals surface area contributed by atoms with Gasteiger partial charge in [-0.2, -0.15) is 5.10 Å². The molecule has 0 unspecified atom stereocenters. The van der Waals surface area contributed by atoms with Crippen molar-refractivity contribution in [2.75, 3.05) is 11.8 Å². The fraction of sp³-hybridized carbons (Fsp3) is 0.769. The van der Waals surface area contributed by atoms with E-state index in [1.807, 2.05) is 0 Å². The van der Waals surface area contributed by atoms with Crippen molar-refractivity contribution in [2.45, 2.75) is 46.6 Å². The summed E-state index contributed by atoms with van der Waals surface area (Å²) in [6, 6.07) is 0. The Labute approximate surface area is 128 Å². The van der Waals surface area contributed by atoms with Crippen LogP contribution in [0.5, 0.6) is 0 Å². The van der Waals surface area contributed by atoms with Gasteiger partial charge in [-0.05, 0) is 42.1 Å². The number of alkyl halides is 2. The van der Waals surface area contributed by atoms with Gasteiger partial charge < -0.3 is 0 Å². The van der Waals surface area contributed by atoms with Crippen LogP contribution in [0.25, 0.3) is 0 Å². The summed E-state index contributed by atoms with van der Waals surface area (Å²) in [6.07, 6.45) is 2.78. The zero-order valence-corrected chi connectivity index (χ0v) is 14.4. The van der Waals surface area contributed by atoms with Crippen LogP contribution in [0.2, 0.25) is 0 Å². The van der Waals surface area contributed by atoms with Crippen LogP contribution in [0.15, 0.2) is 4.47 Å². The van der Waals surface area contributed by atoms with E-state index in [2.05, 4.69) is 46.5 Å². The van der Waals surface area contributed by atoms with E-state index in [0.717, 1.165) is 36.0 Å². The minimum Gasteiger partial charge on any atom is -0.268 e. The number of halogens is 3. The average Bonchev–Trinajstić information content (AvgIpc) is 2.72. The molecule has 2 nitrogen and oxygen atoms in total. The molecule has 18 heavy (non-hydrogen) atoms. The number of nitrogens with zero attached hydrogens (tertiary/aromatic N) is 2. The molecule has 0 aliphatic heterocycles. The van der Waals surface area contributed by atoms with Crippen LogP contribution in [-0.4, -0.2) is 21.5 Å². The zero-order chi connectivity index (χ0) is 13.8. The number of aryl methyl sites for hydroxylation is 2. The van der Waals surface area contributed by atoms with Crippen LogP contribution in [0.3, 0.4) is 0 Å². The summed E-state index contributed by atoms with van der Waals surface area (Å²) in [5.74, 6) is 1.16. The highest BCUT2D eigenvalue weighted by Gasteiger charge is 2.30. The molecule has 0 fully saturated rings. The molecule has 0 saturated heterocycles. The molecular formula is C13H21BrCl2N2. The summed E-state index contributed by atoms with van der Waals surface area (Å²) in [5.41, 5.74) is 2.29. The summed E-state index contributed by atoms with van der Waals surface area (Å²) >= 11 is 15.9. The van der Waals surface area contributed by atoms with Crippen molar-refractivity contribution in [2.24, 2.45) is 5.41 Å². The standard InChI is InChI=1S/C13H21BrCl2N2/c1-4-10-12(14)11(18(6-3)17-10)7-13(5-2,8-15)9-16/h4-9H2,1-3H3. The van der Waals surface area contributed by atoms with E-state index in [1.165, 1.54) is 5.69 Å². The summed E-state index contributed by atoms with van der Waals surface area (Å²) in [5, 5.41) is 4.62. The molecule has 0 spiro atoms. The Bertz CT molecular complexity index is 378. The van der Waals surface area contributed by atoms with Gasteiger partial charge in [-0.3, -0.25) is 4.68 Å². The molecule has 1 heterocycles. The third-order valence-corrected chi connectivity index (χ3v) is 5.60. The topological polar surface area (TPSA) is 17.8 Å². The molecule has 0 aromatic carbocycles. The van der Waals surface area contributed by atoms with Crippen LogP contribution < -0.4 is 0 Å². The van der Waals surface area contributed by atoms with Gasteiger partial charge in [0.05, 0.1) is 15.9 Å². The summed E-state index contributed by atoms with van der Waals surface area (Å²) in [7, 11) is 0. The summed E-state index contributed by atoms with van der Waals surface area (Å²) < 4.78 is 3.19. The molecule has 1 aromatic rings. The Kier molecular flexibility index (Phi) is 6.49. The lowest BCUT2D eigenvalue weighted by atomic mass is 9.84. The molecule has 0 aliphatic rings. The van der Waals surface area contributed by atoms with Crippen LogP contribution >= 0.6 is 39.1 Å². The van der Waals surface area contributed by atoms with Gasteiger partial charge in [0.2, 0.25) is 0 Å². The average molecular weight is 356 g/mol. The van der Waals surface area contributed by atoms with E-state index in [-0.39, 0.29) is 5.41 Å². The monoisotopic (exact) mass is 354 g/mol. The van der Waals surface area contributed by atoms with Crippen molar-refractivity contribution in [3.8, 4) is 0 Å². The van der Waals surface area contributed by atoms with Gasteiger partial charge in [-0.15, -0.1) is 23.2 Å². The smallest absolute Gasteiger partial charge is 0.0766 e. The first-order chi connectivity index (χ1) is 8.57. The maximum atomic E-state index is 6.13. The molecule has 0 radical (unpaired) electrons. The van der Waals surface area contributed by atoms with Crippen molar-refractivity contribution < 1.29 is 0 Å². The lowest BCUT2D eigenvalue weighted by molar-refractivity contribution is 0.349. The lowest BCUT2D eigenvalue weighted by Gasteiger charge is -2.28. The Morgan fingerprint density at radius 3 is 2.22 bits per heavy atom. The second-order valence-corrected chi connectivity index (χ2v) is 6.00. The Morgan fingerprint density at radius 1 is 1.22 bits per heavy atom. The molecule has 0 bridgehead atoms. The summed E-state index contributed by atoms with van der Waals surface area (Å²) in [4.78, 5) is 0. The fourth-order valence-corrected chi connectivity index (χ4v) is 3.54. The van der Waals surface area contributed by atoms with E-state index in [0.29, 0.717) is 11.8 Å². The fourth-order valence-electron chi connectivity index (χ4n) is 1.99. The Morgan fingerprint density at radius 2 is 1.83 bits per heavy atom. The van der Waals surface area contributed by atoms with Crippen molar-refractivity contribution in [1.82, 2.24) is 9.78 Å². The Hall–Kier alpha value is 0.270. The maximum Gasteiger partial charge on any atom is 0.0766 e. The van der Waals surface area contributed by atoms with Gasteiger partial charge >= 0.3 is 0 Å². The van der Waals surface area contributed by atoms with Crippen molar-refractivity contribution in [1.29, 1.82) is 0 Å². The molecule has 0 aliphatic carbocycles. The Balaban J connectivity index is 3.12. The second-order valence-electron chi connectivity index (χ2n) is 4.67. The van der Waals surface area contributed by atoms with Gasteiger partial charge in [0.1, 0.15) is 0 Å². The highest BCUT2D eigenvalue weighted by molar-refractivity contribution is 9.10. The molecule has 1 rings (SSSR count). The van der Waals surface area contributed by atoms with E-state index < -0.39 is 0 Å². The van der Waals surface area contributed by atoms with E-state index in [9.17, 15) is 0 Å². The van der Waals surface area contributed by atoms with Gasteiger partial charge in [0, 0.05) is 23.7 Å². The molecule has 0 atom stereocenters. The summed E-state index contributed by atoms with van der Waals surface area (Å²) in [6.45, 7) is 7.24. The van der Waals surface area contributed by atoms with Gasteiger partial charge in [0.15, 0.2) is 0 Å². The molecule has 0 N–H and O–H groups in total. The third kappa shape index (κ3) is 3.23. The van der Waals surface area contributed by atoms with Crippen LogP contribution in [0.4, 0.5) is 0 Å². The quantitative estimate of drug-likeness (QED) is 0.651. The van der Waals surface area contributed by atoms with Gasteiger partial charge in [-0.1, -0.05) is 13.8 Å². The molecule has 5 heteroatoms. The van der Waals surface area contributed by atoms with Crippen molar-refractivity contribution >= 4 is 39.1 Å². The molecule has 0 saturated carbocycles. The van der Waals surface area contributed by atoms with Gasteiger partial charge in [-0.25, -0.2) is 0 Å². The first-order valence-corrected chi connectivity index (χ1v) is 8.29. The first-order valence-electron chi connectivity index (χ1n) is 6.43. The van der Waals surface area contributed by atoms with Crippen LogP contribution in [0, 0.1) is 5.41 Å².